The smallest absolute Gasteiger partial charge is 0.327 e. The largest absolute Gasteiger partial charge is 0.480 e. The first-order chi connectivity index (χ1) is 11.5. The van der Waals surface area contributed by atoms with E-state index in [1.54, 1.807) is 13.8 Å². The van der Waals surface area contributed by atoms with Gasteiger partial charge in [-0.2, -0.15) is 12.6 Å². The lowest BCUT2D eigenvalue weighted by Gasteiger charge is -2.24. The van der Waals surface area contributed by atoms with Crippen LogP contribution in [-0.2, 0) is 19.2 Å². The average molecular weight is 378 g/mol. The van der Waals surface area contributed by atoms with Crippen molar-refractivity contribution in [3.8, 4) is 0 Å². The summed E-state index contributed by atoms with van der Waals surface area (Å²) in [5, 5.41) is 25.1. The standard InChI is InChI=1S/C14H26N4O6S/c1-6(2)11(18-12(21)10(15)7(3)19)13(22)16-4-9(20)17-8(5-25)14(23)24/h6-8,10-11,19,25H,4-5,15H2,1-3H3,(H,16,22)(H,17,20)(H,18,21)(H,23,24). The van der Waals surface area contributed by atoms with E-state index in [1.165, 1.54) is 6.92 Å². The van der Waals surface area contributed by atoms with Crippen LogP contribution in [0.1, 0.15) is 20.8 Å². The number of nitrogens with two attached hydrogens (primary N) is 1. The Morgan fingerprint density at radius 3 is 2.04 bits per heavy atom. The lowest BCUT2D eigenvalue weighted by Crippen LogP contribution is -2.57. The molecule has 144 valence electrons. The minimum atomic E-state index is -1.24. The SMILES string of the molecule is CC(C)C(NC(=O)C(N)C(C)O)C(=O)NCC(=O)NC(CS)C(=O)O. The second-order valence-corrected chi connectivity index (χ2v) is 6.22. The van der Waals surface area contributed by atoms with Crippen molar-refractivity contribution in [2.24, 2.45) is 11.7 Å². The van der Waals surface area contributed by atoms with E-state index < -0.39 is 54.5 Å². The molecule has 0 saturated heterocycles. The molecule has 0 aliphatic rings. The number of aliphatic hydroxyl groups is 1. The van der Waals surface area contributed by atoms with Gasteiger partial charge in [0.25, 0.3) is 0 Å². The van der Waals surface area contributed by atoms with Gasteiger partial charge in [-0.1, -0.05) is 13.8 Å². The molecule has 0 aromatic rings. The van der Waals surface area contributed by atoms with Crippen LogP contribution in [0, 0.1) is 5.92 Å². The molecule has 3 amide bonds. The number of carboxylic acid groups (broad SMARTS) is 1. The molecular weight excluding hydrogens is 352 g/mol. The number of carbonyl (C=O) groups is 4. The summed E-state index contributed by atoms with van der Waals surface area (Å²) in [6, 6.07) is -3.33. The number of hydrogen-bond donors (Lipinski definition) is 7. The molecule has 7 N–H and O–H groups in total. The number of carboxylic acids is 1. The number of aliphatic hydroxyl groups excluding tert-OH is 1. The third-order valence-electron chi connectivity index (χ3n) is 3.31. The summed E-state index contributed by atoms with van der Waals surface area (Å²) < 4.78 is 0. The minimum absolute atomic E-state index is 0.100. The van der Waals surface area contributed by atoms with Crippen molar-refractivity contribution in [3.63, 3.8) is 0 Å². The summed E-state index contributed by atoms with van der Waals surface area (Å²) in [4.78, 5) is 46.5. The molecule has 0 rings (SSSR count). The van der Waals surface area contributed by atoms with Gasteiger partial charge in [-0.05, 0) is 12.8 Å². The summed E-state index contributed by atoms with van der Waals surface area (Å²) in [6.07, 6.45) is -1.09. The maximum absolute atomic E-state index is 12.2. The van der Waals surface area contributed by atoms with Gasteiger partial charge in [0.05, 0.1) is 12.6 Å². The van der Waals surface area contributed by atoms with Gasteiger partial charge in [-0.15, -0.1) is 0 Å². The maximum Gasteiger partial charge on any atom is 0.327 e. The number of carbonyl (C=O) groups excluding carboxylic acids is 3. The Balaban J connectivity index is 4.68. The zero-order valence-corrected chi connectivity index (χ0v) is 15.2. The molecule has 0 radical (unpaired) electrons. The molecule has 0 fully saturated rings. The molecule has 0 aromatic carbocycles. The van der Waals surface area contributed by atoms with Crippen molar-refractivity contribution >= 4 is 36.3 Å². The van der Waals surface area contributed by atoms with Gasteiger partial charge in [0.15, 0.2) is 0 Å². The number of nitrogens with one attached hydrogen (secondary N) is 3. The monoisotopic (exact) mass is 378 g/mol. The highest BCUT2D eigenvalue weighted by molar-refractivity contribution is 7.80. The van der Waals surface area contributed by atoms with Crippen LogP contribution < -0.4 is 21.7 Å². The zero-order chi connectivity index (χ0) is 19.7. The van der Waals surface area contributed by atoms with Crippen LogP contribution in [0.15, 0.2) is 0 Å². The van der Waals surface area contributed by atoms with Gasteiger partial charge in [0.2, 0.25) is 17.7 Å². The van der Waals surface area contributed by atoms with Crippen molar-refractivity contribution < 1.29 is 29.4 Å². The highest BCUT2D eigenvalue weighted by Crippen LogP contribution is 2.03. The van der Waals surface area contributed by atoms with Crippen LogP contribution in [0.4, 0.5) is 0 Å². The van der Waals surface area contributed by atoms with Crippen LogP contribution in [0.3, 0.4) is 0 Å². The topological polar surface area (TPSA) is 171 Å². The summed E-state index contributed by atoms with van der Waals surface area (Å²) in [5.74, 6) is -3.68. The van der Waals surface area contributed by atoms with Gasteiger partial charge < -0.3 is 31.9 Å². The number of thiol groups is 1. The minimum Gasteiger partial charge on any atom is -0.480 e. The van der Waals surface area contributed by atoms with Crippen LogP contribution in [0.25, 0.3) is 0 Å². The quantitative estimate of drug-likeness (QED) is 0.205. The Bertz CT molecular complexity index is 500. The van der Waals surface area contributed by atoms with Crippen LogP contribution in [-0.4, -0.2) is 70.4 Å². The van der Waals surface area contributed by atoms with Gasteiger partial charge in [-0.25, -0.2) is 4.79 Å². The van der Waals surface area contributed by atoms with E-state index in [1.807, 2.05) is 0 Å². The predicted octanol–water partition coefficient (Wildman–Crippen LogP) is -2.55. The van der Waals surface area contributed by atoms with Crippen molar-refractivity contribution in [2.45, 2.75) is 45.0 Å². The molecule has 0 saturated carbocycles. The van der Waals surface area contributed by atoms with Crippen molar-refractivity contribution in [1.82, 2.24) is 16.0 Å². The molecule has 0 aliphatic heterocycles. The average Bonchev–Trinajstić information content (AvgIpc) is 2.53. The Labute approximate surface area is 151 Å². The molecule has 4 atom stereocenters. The lowest BCUT2D eigenvalue weighted by atomic mass is 10.0. The highest BCUT2D eigenvalue weighted by Gasteiger charge is 2.28. The summed E-state index contributed by atoms with van der Waals surface area (Å²) in [7, 11) is 0. The Morgan fingerprint density at radius 2 is 1.64 bits per heavy atom. The summed E-state index contributed by atoms with van der Waals surface area (Å²) >= 11 is 3.81. The first-order valence-corrected chi connectivity index (χ1v) is 8.29. The fraction of sp³-hybridized carbons (Fsp3) is 0.714. The molecule has 25 heavy (non-hydrogen) atoms. The zero-order valence-electron chi connectivity index (χ0n) is 14.4. The van der Waals surface area contributed by atoms with Crippen LogP contribution in [0.5, 0.6) is 0 Å². The van der Waals surface area contributed by atoms with Crippen molar-refractivity contribution in [3.05, 3.63) is 0 Å². The van der Waals surface area contributed by atoms with Gasteiger partial charge in [0, 0.05) is 5.75 Å². The first kappa shape index (κ1) is 23.1. The number of rotatable bonds is 10. The lowest BCUT2D eigenvalue weighted by molar-refractivity contribution is -0.141. The van der Waals surface area contributed by atoms with Crippen LogP contribution in [0.2, 0.25) is 0 Å². The molecule has 0 bridgehead atoms. The molecule has 0 spiro atoms. The molecule has 0 heterocycles. The molecule has 0 aliphatic carbocycles. The predicted molar refractivity (Wildman–Crippen MR) is 92.9 cm³/mol. The number of hydrogen-bond acceptors (Lipinski definition) is 7. The van der Waals surface area contributed by atoms with E-state index in [4.69, 9.17) is 10.8 Å². The number of aliphatic carboxylic acids is 1. The molecule has 11 heteroatoms. The van der Waals surface area contributed by atoms with E-state index in [0.717, 1.165) is 0 Å². The van der Waals surface area contributed by atoms with Gasteiger partial charge >= 0.3 is 5.97 Å². The second-order valence-electron chi connectivity index (χ2n) is 5.86. The van der Waals surface area contributed by atoms with E-state index in [9.17, 15) is 24.3 Å². The fourth-order valence-electron chi connectivity index (χ4n) is 1.71. The maximum atomic E-state index is 12.2. The van der Waals surface area contributed by atoms with Gasteiger partial charge in [-0.3, -0.25) is 14.4 Å². The van der Waals surface area contributed by atoms with E-state index in [-0.39, 0.29) is 11.7 Å². The van der Waals surface area contributed by atoms with E-state index in [2.05, 4.69) is 28.6 Å². The Hall–Kier alpha value is -1.85. The van der Waals surface area contributed by atoms with E-state index in [0.29, 0.717) is 0 Å². The molecule has 10 nitrogen and oxygen atoms in total. The second kappa shape index (κ2) is 10.9. The van der Waals surface area contributed by atoms with Crippen LogP contribution >= 0.6 is 12.6 Å². The van der Waals surface area contributed by atoms with Gasteiger partial charge in [0.1, 0.15) is 18.1 Å². The normalized spacial score (nSPS) is 15.6. The molecule has 0 aromatic heterocycles. The third kappa shape index (κ3) is 8.18. The first-order valence-electron chi connectivity index (χ1n) is 7.66. The van der Waals surface area contributed by atoms with Crippen molar-refractivity contribution in [1.29, 1.82) is 0 Å². The number of amides is 3. The Kier molecular flexibility index (Phi) is 10.1. The fourth-order valence-corrected chi connectivity index (χ4v) is 1.96. The molecular formula is C14H26N4O6S. The Morgan fingerprint density at radius 1 is 1.08 bits per heavy atom. The van der Waals surface area contributed by atoms with Crippen molar-refractivity contribution in [2.75, 3.05) is 12.3 Å². The van der Waals surface area contributed by atoms with E-state index >= 15 is 0 Å². The summed E-state index contributed by atoms with van der Waals surface area (Å²) in [5.41, 5.74) is 5.51. The third-order valence-corrected chi connectivity index (χ3v) is 3.67. The summed E-state index contributed by atoms with van der Waals surface area (Å²) in [6.45, 7) is 4.25. The molecule has 4 unspecified atom stereocenters. The highest BCUT2D eigenvalue weighted by atomic mass is 32.1.